The Morgan fingerprint density at radius 1 is 1.40 bits per heavy atom. The molecule has 2 nitrogen and oxygen atoms in total. The molecule has 0 bridgehead atoms. The van der Waals surface area contributed by atoms with Gasteiger partial charge in [0, 0.05) is 0 Å². The molecule has 0 aliphatic heterocycles. The van der Waals surface area contributed by atoms with Gasteiger partial charge in [0.15, 0.2) is 0 Å². The van der Waals surface area contributed by atoms with E-state index in [1.165, 1.54) is 5.56 Å². The fourth-order valence-electron chi connectivity index (χ4n) is 1.31. The minimum Gasteiger partial charge on any atom is -0.493 e. The quantitative estimate of drug-likeness (QED) is 0.778. The van der Waals surface area contributed by atoms with Crippen LogP contribution >= 0.6 is 0 Å². The van der Waals surface area contributed by atoms with Crippen LogP contribution in [0.2, 0.25) is 0 Å². The first-order valence-electron chi connectivity index (χ1n) is 5.68. The molecule has 1 aromatic carbocycles. The van der Waals surface area contributed by atoms with E-state index in [2.05, 4.69) is 26.0 Å². The van der Waals surface area contributed by atoms with Crippen molar-refractivity contribution in [2.24, 2.45) is 11.7 Å². The highest BCUT2D eigenvalue weighted by molar-refractivity contribution is 5.28. The SMILES string of the molecule is CC[C@H](C)COc1cccc(CCN)c1. The highest BCUT2D eigenvalue weighted by Gasteiger charge is 2.00. The van der Waals surface area contributed by atoms with Gasteiger partial charge in [-0.15, -0.1) is 0 Å². The van der Waals surface area contributed by atoms with Gasteiger partial charge in [-0.2, -0.15) is 0 Å². The second-order valence-electron chi connectivity index (χ2n) is 4.01. The summed E-state index contributed by atoms with van der Waals surface area (Å²) in [5.41, 5.74) is 6.76. The maximum Gasteiger partial charge on any atom is 0.119 e. The van der Waals surface area contributed by atoms with E-state index < -0.39 is 0 Å². The van der Waals surface area contributed by atoms with Gasteiger partial charge < -0.3 is 10.5 Å². The Balaban J connectivity index is 2.50. The number of rotatable bonds is 6. The molecule has 0 saturated heterocycles. The molecule has 0 aliphatic carbocycles. The van der Waals surface area contributed by atoms with E-state index in [9.17, 15) is 0 Å². The van der Waals surface area contributed by atoms with Crippen molar-refractivity contribution in [2.75, 3.05) is 13.2 Å². The van der Waals surface area contributed by atoms with Crippen LogP contribution in [-0.4, -0.2) is 13.2 Å². The predicted octanol–water partition coefficient (Wildman–Crippen LogP) is 2.61. The van der Waals surface area contributed by atoms with Gasteiger partial charge in [0.25, 0.3) is 0 Å². The first-order valence-corrected chi connectivity index (χ1v) is 5.68. The lowest BCUT2D eigenvalue weighted by molar-refractivity contribution is 0.256. The molecule has 1 atom stereocenters. The van der Waals surface area contributed by atoms with Crippen LogP contribution < -0.4 is 10.5 Å². The van der Waals surface area contributed by atoms with Crippen LogP contribution in [0, 0.1) is 5.92 Å². The zero-order valence-corrected chi connectivity index (χ0v) is 9.70. The zero-order chi connectivity index (χ0) is 11.1. The molecule has 2 N–H and O–H groups in total. The van der Waals surface area contributed by atoms with Crippen LogP contribution in [0.25, 0.3) is 0 Å². The highest BCUT2D eigenvalue weighted by atomic mass is 16.5. The lowest BCUT2D eigenvalue weighted by atomic mass is 10.1. The molecule has 0 saturated carbocycles. The molecule has 1 rings (SSSR count). The summed E-state index contributed by atoms with van der Waals surface area (Å²) >= 11 is 0. The monoisotopic (exact) mass is 207 g/mol. The summed E-state index contributed by atoms with van der Waals surface area (Å²) in [5.74, 6) is 1.57. The molecular weight excluding hydrogens is 186 g/mol. The number of benzene rings is 1. The standard InChI is InChI=1S/C13H21NO/c1-3-11(2)10-15-13-6-4-5-12(9-13)7-8-14/h4-6,9,11H,3,7-8,10,14H2,1-2H3/t11-/m0/s1. The minimum atomic E-state index is 0.614. The number of nitrogens with two attached hydrogens (primary N) is 1. The molecule has 0 fully saturated rings. The third-order valence-electron chi connectivity index (χ3n) is 2.56. The van der Waals surface area contributed by atoms with Crippen molar-refractivity contribution in [3.05, 3.63) is 29.8 Å². The van der Waals surface area contributed by atoms with Crippen molar-refractivity contribution in [1.29, 1.82) is 0 Å². The van der Waals surface area contributed by atoms with Crippen LogP contribution in [0.15, 0.2) is 24.3 Å². The number of hydrogen-bond acceptors (Lipinski definition) is 2. The summed E-state index contributed by atoms with van der Waals surface area (Å²) in [7, 11) is 0. The molecule has 84 valence electrons. The molecular formula is C13H21NO. The summed E-state index contributed by atoms with van der Waals surface area (Å²) in [5, 5.41) is 0. The topological polar surface area (TPSA) is 35.2 Å². The van der Waals surface area contributed by atoms with E-state index in [0.717, 1.165) is 25.2 Å². The smallest absolute Gasteiger partial charge is 0.119 e. The summed E-state index contributed by atoms with van der Waals surface area (Å²) in [6.07, 6.45) is 2.07. The van der Waals surface area contributed by atoms with Crippen LogP contribution in [-0.2, 0) is 6.42 Å². The van der Waals surface area contributed by atoms with Gasteiger partial charge in [0.05, 0.1) is 6.61 Å². The van der Waals surface area contributed by atoms with E-state index in [-0.39, 0.29) is 0 Å². The van der Waals surface area contributed by atoms with Gasteiger partial charge in [-0.1, -0.05) is 32.4 Å². The molecule has 0 radical (unpaired) electrons. The fourth-order valence-corrected chi connectivity index (χ4v) is 1.31. The third kappa shape index (κ3) is 4.34. The first-order chi connectivity index (χ1) is 7.26. The molecule has 0 unspecified atom stereocenters. The molecule has 0 spiro atoms. The Kier molecular flexibility index (Phi) is 5.19. The molecule has 0 heterocycles. The number of ether oxygens (including phenoxy) is 1. The van der Waals surface area contributed by atoms with Crippen LogP contribution in [0.1, 0.15) is 25.8 Å². The van der Waals surface area contributed by atoms with E-state index in [4.69, 9.17) is 10.5 Å². The number of hydrogen-bond donors (Lipinski definition) is 1. The fraction of sp³-hybridized carbons (Fsp3) is 0.538. The maximum absolute atomic E-state index is 5.70. The van der Waals surface area contributed by atoms with Crippen molar-refractivity contribution >= 4 is 0 Å². The molecule has 1 aromatic rings. The van der Waals surface area contributed by atoms with Gasteiger partial charge in [-0.3, -0.25) is 0 Å². The van der Waals surface area contributed by atoms with Crippen molar-refractivity contribution in [3.63, 3.8) is 0 Å². The first kappa shape index (κ1) is 12.1. The summed E-state index contributed by atoms with van der Waals surface area (Å²) in [4.78, 5) is 0. The van der Waals surface area contributed by atoms with Crippen molar-refractivity contribution in [1.82, 2.24) is 0 Å². The Bertz CT molecular complexity index is 286. The molecule has 15 heavy (non-hydrogen) atoms. The second kappa shape index (κ2) is 6.46. The Hall–Kier alpha value is -1.02. The van der Waals surface area contributed by atoms with Gasteiger partial charge in [0.2, 0.25) is 0 Å². The molecule has 0 amide bonds. The van der Waals surface area contributed by atoms with Crippen molar-refractivity contribution in [3.8, 4) is 5.75 Å². The minimum absolute atomic E-state index is 0.614. The Morgan fingerprint density at radius 2 is 2.20 bits per heavy atom. The van der Waals surface area contributed by atoms with Crippen LogP contribution in [0.5, 0.6) is 5.75 Å². The zero-order valence-electron chi connectivity index (χ0n) is 9.70. The van der Waals surface area contributed by atoms with Gasteiger partial charge in [-0.05, 0) is 36.6 Å². The van der Waals surface area contributed by atoms with Gasteiger partial charge in [0.1, 0.15) is 5.75 Å². The van der Waals surface area contributed by atoms with E-state index >= 15 is 0 Å². The van der Waals surface area contributed by atoms with E-state index in [1.807, 2.05) is 12.1 Å². The average Bonchev–Trinajstić information content (AvgIpc) is 2.27. The largest absolute Gasteiger partial charge is 0.493 e. The van der Waals surface area contributed by atoms with Crippen LogP contribution in [0.3, 0.4) is 0 Å². The highest BCUT2D eigenvalue weighted by Crippen LogP contribution is 2.15. The summed E-state index contributed by atoms with van der Waals surface area (Å²) in [6.45, 7) is 5.86. The van der Waals surface area contributed by atoms with Crippen molar-refractivity contribution < 1.29 is 4.74 Å². The maximum atomic E-state index is 5.70. The molecule has 0 aromatic heterocycles. The van der Waals surface area contributed by atoms with Gasteiger partial charge in [-0.25, -0.2) is 0 Å². The van der Waals surface area contributed by atoms with Crippen LogP contribution in [0.4, 0.5) is 0 Å². The van der Waals surface area contributed by atoms with E-state index in [1.54, 1.807) is 0 Å². The summed E-state index contributed by atoms with van der Waals surface area (Å²) in [6, 6.07) is 8.19. The average molecular weight is 207 g/mol. The molecule has 2 heteroatoms. The Labute approximate surface area is 92.4 Å². The third-order valence-corrected chi connectivity index (χ3v) is 2.56. The normalized spacial score (nSPS) is 12.5. The Morgan fingerprint density at radius 3 is 2.87 bits per heavy atom. The lowest BCUT2D eigenvalue weighted by Gasteiger charge is -2.11. The van der Waals surface area contributed by atoms with Gasteiger partial charge >= 0.3 is 0 Å². The van der Waals surface area contributed by atoms with E-state index in [0.29, 0.717) is 12.5 Å². The van der Waals surface area contributed by atoms with Crippen molar-refractivity contribution in [2.45, 2.75) is 26.7 Å². The summed E-state index contributed by atoms with van der Waals surface area (Å²) < 4.78 is 5.70. The second-order valence-corrected chi connectivity index (χ2v) is 4.01. The lowest BCUT2D eigenvalue weighted by Crippen LogP contribution is -2.08. The predicted molar refractivity (Wildman–Crippen MR) is 64.2 cm³/mol. The molecule has 0 aliphatic rings.